The van der Waals surface area contributed by atoms with E-state index < -0.39 is 0 Å². The zero-order valence-corrected chi connectivity index (χ0v) is 16.7. The standard InChI is InChI=1S/C26H25N3/c1-27-25-11-7-6-10-23(25)24-18-22(16-17-26(24)28-2)29-21-14-12-20(13-15-21)19-8-4-3-5-9-19/h3-6,8-10,12-18,27,29H,2,7,11H2,1H3. The van der Waals surface area contributed by atoms with Crippen LogP contribution in [0.4, 0.5) is 17.1 Å². The molecule has 0 aromatic heterocycles. The molecule has 3 heteroatoms. The van der Waals surface area contributed by atoms with Gasteiger partial charge in [-0.3, -0.25) is 4.99 Å². The molecule has 0 aliphatic heterocycles. The molecule has 0 atom stereocenters. The van der Waals surface area contributed by atoms with Crippen LogP contribution in [0, 0.1) is 0 Å². The van der Waals surface area contributed by atoms with E-state index in [1.807, 2.05) is 25.2 Å². The van der Waals surface area contributed by atoms with E-state index >= 15 is 0 Å². The second-order valence-corrected chi connectivity index (χ2v) is 7.04. The summed E-state index contributed by atoms with van der Waals surface area (Å²) in [7, 11) is 1.98. The lowest BCUT2D eigenvalue weighted by Gasteiger charge is -2.18. The Morgan fingerprint density at radius 3 is 2.31 bits per heavy atom. The maximum absolute atomic E-state index is 4.23. The summed E-state index contributed by atoms with van der Waals surface area (Å²) in [5.41, 5.74) is 8.91. The van der Waals surface area contributed by atoms with Gasteiger partial charge < -0.3 is 10.6 Å². The van der Waals surface area contributed by atoms with E-state index in [4.69, 9.17) is 0 Å². The van der Waals surface area contributed by atoms with Gasteiger partial charge in [0.2, 0.25) is 0 Å². The lowest BCUT2D eigenvalue weighted by atomic mass is 9.95. The predicted molar refractivity (Wildman–Crippen MR) is 125 cm³/mol. The van der Waals surface area contributed by atoms with Gasteiger partial charge in [-0.1, -0.05) is 54.6 Å². The highest BCUT2D eigenvalue weighted by molar-refractivity contribution is 5.86. The third-order valence-corrected chi connectivity index (χ3v) is 5.21. The number of allylic oxidation sites excluding steroid dienone is 4. The minimum absolute atomic E-state index is 0.893. The van der Waals surface area contributed by atoms with Gasteiger partial charge in [-0.2, -0.15) is 0 Å². The topological polar surface area (TPSA) is 36.4 Å². The molecule has 1 aliphatic carbocycles. The molecule has 2 N–H and O–H groups in total. The molecule has 0 bridgehead atoms. The van der Waals surface area contributed by atoms with Crippen LogP contribution in [0.15, 0.2) is 95.6 Å². The van der Waals surface area contributed by atoms with Crippen molar-refractivity contribution in [1.82, 2.24) is 5.32 Å². The maximum Gasteiger partial charge on any atom is 0.0702 e. The minimum atomic E-state index is 0.893. The number of benzene rings is 3. The van der Waals surface area contributed by atoms with Crippen LogP contribution in [0.2, 0.25) is 0 Å². The van der Waals surface area contributed by atoms with Gasteiger partial charge in [0.25, 0.3) is 0 Å². The fourth-order valence-electron chi connectivity index (χ4n) is 3.69. The first-order valence-corrected chi connectivity index (χ1v) is 9.89. The van der Waals surface area contributed by atoms with E-state index in [1.165, 1.54) is 22.4 Å². The van der Waals surface area contributed by atoms with E-state index in [0.717, 1.165) is 35.5 Å². The Balaban J connectivity index is 1.62. The molecule has 0 fully saturated rings. The van der Waals surface area contributed by atoms with Crippen LogP contribution < -0.4 is 10.6 Å². The molecule has 4 rings (SSSR count). The molecular weight excluding hydrogens is 354 g/mol. The van der Waals surface area contributed by atoms with Gasteiger partial charge in [0.1, 0.15) is 0 Å². The molecule has 0 spiro atoms. The maximum atomic E-state index is 4.23. The van der Waals surface area contributed by atoms with Gasteiger partial charge in [-0.15, -0.1) is 0 Å². The van der Waals surface area contributed by atoms with E-state index in [1.54, 1.807) is 0 Å². The molecule has 0 amide bonds. The fourth-order valence-corrected chi connectivity index (χ4v) is 3.69. The highest BCUT2D eigenvalue weighted by Gasteiger charge is 2.13. The van der Waals surface area contributed by atoms with E-state index in [2.05, 4.69) is 89.1 Å². The second kappa shape index (κ2) is 8.61. The molecule has 0 heterocycles. The number of nitrogens with zero attached hydrogens (tertiary/aromatic N) is 1. The number of hydrogen-bond acceptors (Lipinski definition) is 3. The van der Waals surface area contributed by atoms with Crippen LogP contribution in [-0.2, 0) is 0 Å². The van der Waals surface area contributed by atoms with Crippen molar-refractivity contribution in [2.75, 3.05) is 12.4 Å². The van der Waals surface area contributed by atoms with Crippen LogP contribution in [-0.4, -0.2) is 13.8 Å². The summed E-state index contributed by atoms with van der Waals surface area (Å²) in [4.78, 5) is 4.23. The molecule has 0 saturated carbocycles. The first-order chi connectivity index (χ1) is 14.3. The van der Waals surface area contributed by atoms with E-state index in [-0.39, 0.29) is 0 Å². The van der Waals surface area contributed by atoms with Crippen molar-refractivity contribution in [2.45, 2.75) is 12.8 Å². The Hall–Kier alpha value is -3.59. The summed E-state index contributed by atoms with van der Waals surface area (Å²) in [5.74, 6) is 0. The van der Waals surface area contributed by atoms with Crippen molar-refractivity contribution in [2.24, 2.45) is 4.99 Å². The number of anilines is 2. The van der Waals surface area contributed by atoms with Crippen molar-refractivity contribution in [3.05, 3.63) is 96.2 Å². The van der Waals surface area contributed by atoms with Crippen molar-refractivity contribution >= 4 is 29.4 Å². The predicted octanol–water partition coefficient (Wildman–Crippen LogP) is 6.71. The highest BCUT2D eigenvalue weighted by Crippen LogP contribution is 2.35. The lowest BCUT2D eigenvalue weighted by Crippen LogP contribution is -2.10. The largest absolute Gasteiger partial charge is 0.391 e. The smallest absolute Gasteiger partial charge is 0.0702 e. The lowest BCUT2D eigenvalue weighted by molar-refractivity contribution is 0.847. The van der Waals surface area contributed by atoms with Crippen molar-refractivity contribution < 1.29 is 0 Å². The average molecular weight is 380 g/mol. The minimum Gasteiger partial charge on any atom is -0.391 e. The number of aliphatic imine (C=N–C) groups is 1. The number of nitrogens with one attached hydrogen (secondary N) is 2. The van der Waals surface area contributed by atoms with Gasteiger partial charge in [-0.05, 0) is 61.0 Å². The summed E-state index contributed by atoms with van der Waals surface area (Å²) in [5, 5.41) is 6.86. The molecule has 1 aliphatic rings. The first-order valence-electron chi connectivity index (χ1n) is 9.89. The van der Waals surface area contributed by atoms with Crippen LogP contribution in [0.1, 0.15) is 18.4 Å². The van der Waals surface area contributed by atoms with E-state index in [9.17, 15) is 0 Å². The molecule has 0 saturated heterocycles. The summed E-state index contributed by atoms with van der Waals surface area (Å²) in [6.07, 6.45) is 6.46. The monoisotopic (exact) mass is 379 g/mol. The van der Waals surface area contributed by atoms with Crippen molar-refractivity contribution in [1.29, 1.82) is 0 Å². The van der Waals surface area contributed by atoms with Crippen LogP contribution in [0.3, 0.4) is 0 Å². The normalized spacial score (nSPS) is 13.3. The molecule has 0 radical (unpaired) electrons. The SMILES string of the molecule is C=Nc1ccc(Nc2ccc(-c3ccccc3)cc2)cc1C1=C(NC)CCC=C1. The van der Waals surface area contributed by atoms with Gasteiger partial charge in [0.15, 0.2) is 0 Å². The van der Waals surface area contributed by atoms with Gasteiger partial charge in [-0.25, -0.2) is 0 Å². The summed E-state index contributed by atoms with van der Waals surface area (Å²) >= 11 is 0. The Kier molecular flexibility index (Phi) is 5.57. The Morgan fingerprint density at radius 2 is 1.59 bits per heavy atom. The first kappa shape index (κ1) is 18.8. The van der Waals surface area contributed by atoms with Gasteiger partial charge in [0.05, 0.1) is 5.69 Å². The Morgan fingerprint density at radius 1 is 0.862 bits per heavy atom. The molecule has 0 unspecified atom stereocenters. The molecule has 29 heavy (non-hydrogen) atoms. The summed E-state index contributed by atoms with van der Waals surface area (Å²) in [6, 6.07) is 25.1. The van der Waals surface area contributed by atoms with Crippen molar-refractivity contribution in [3.63, 3.8) is 0 Å². The third kappa shape index (κ3) is 4.14. The average Bonchev–Trinajstić information content (AvgIpc) is 2.80. The number of hydrogen-bond donors (Lipinski definition) is 2. The van der Waals surface area contributed by atoms with Gasteiger partial charge >= 0.3 is 0 Å². The number of rotatable bonds is 6. The molecule has 3 nitrogen and oxygen atoms in total. The van der Waals surface area contributed by atoms with Gasteiger partial charge in [0, 0.05) is 35.3 Å². The quantitative estimate of drug-likeness (QED) is 0.467. The second-order valence-electron chi connectivity index (χ2n) is 7.04. The third-order valence-electron chi connectivity index (χ3n) is 5.21. The Labute approximate surface area is 172 Å². The van der Waals surface area contributed by atoms with E-state index in [0.29, 0.717) is 0 Å². The van der Waals surface area contributed by atoms with Crippen LogP contribution in [0.5, 0.6) is 0 Å². The van der Waals surface area contributed by atoms with Crippen LogP contribution in [0.25, 0.3) is 16.7 Å². The molecule has 144 valence electrons. The summed E-state index contributed by atoms with van der Waals surface area (Å²) < 4.78 is 0. The Bertz CT molecular complexity index is 1060. The molecular formula is C26H25N3. The zero-order chi connectivity index (χ0) is 20.1. The highest BCUT2D eigenvalue weighted by atomic mass is 14.9. The zero-order valence-electron chi connectivity index (χ0n) is 16.7. The van der Waals surface area contributed by atoms with Crippen molar-refractivity contribution in [3.8, 4) is 11.1 Å². The fraction of sp³-hybridized carbons (Fsp3) is 0.115. The molecule has 3 aromatic carbocycles. The molecule has 3 aromatic rings. The summed E-state index contributed by atoms with van der Waals surface area (Å²) in [6.45, 7) is 3.75. The van der Waals surface area contributed by atoms with Crippen LogP contribution >= 0.6 is 0 Å².